The van der Waals surface area contributed by atoms with Gasteiger partial charge in [-0.05, 0) is 35.9 Å². The van der Waals surface area contributed by atoms with Crippen molar-refractivity contribution in [2.24, 2.45) is 0 Å². The van der Waals surface area contributed by atoms with Crippen LogP contribution in [0.4, 0.5) is 5.69 Å². The van der Waals surface area contributed by atoms with E-state index in [4.69, 9.17) is 28.4 Å². The van der Waals surface area contributed by atoms with Gasteiger partial charge in [-0.2, -0.15) is 0 Å². The number of ether oxygens (including phenoxy) is 6. The first kappa shape index (κ1) is 27.3. The van der Waals surface area contributed by atoms with E-state index in [0.717, 1.165) is 6.07 Å². The van der Waals surface area contributed by atoms with Gasteiger partial charge in [0.05, 0.1) is 53.2 Å². The van der Waals surface area contributed by atoms with E-state index in [1.54, 1.807) is 30.4 Å². The van der Waals surface area contributed by atoms with Gasteiger partial charge in [-0.15, -0.1) is 0 Å². The van der Waals surface area contributed by atoms with E-state index in [0.29, 0.717) is 39.9 Å². The monoisotopic (exact) mass is 531 g/mol. The Labute approximate surface area is 216 Å². The molecule has 0 amide bonds. The lowest BCUT2D eigenvalue weighted by atomic mass is 10.1. The molecule has 0 unspecified atom stereocenters. The smallest absolute Gasteiger partial charge is 0.262 e. The lowest BCUT2D eigenvalue weighted by Crippen LogP contribution is -2.14. The maximum atomic E-state index is 13.2. The second kappa shape index (κ2) is 11.7. The number of rotatable bonds is 11. The molecule has 0 bridgehead atoms. The third kappa shape index (κ3) is 5.95. The molecule has 198 valence electrons. The van der Waals surface area contributed by atoms with Crippen LogP contribution in [0, 0.1) is 0 Å². The summed E-state index contributed by atoms with van der Waals surface area (Å²) in [4.78, 5) is -0.153. The number of phenols is 1. The zero-order chi connectivity index (χ0) is 27.2. The Hall–Kier alpha value is -4.25. The average Bonchev–Trinajstić information content (AvgIpc) is 2.90. The minimum atomic E-state index is -4.09. The van der Waals surface area contributed by atoms with Crippen molar-refractivity contribution in [1.29, 1.82) is 0 Å². The third-order valence-corrected chi connectivity index (χ3v) is 6.77. The number of phenolic OH excluding ortho intramolecular Hbond substituents is 1. The second-order valence-corrected chi connectivity index (χ2v) is 9.21. The molecule has 0 saturated heterocycles. The van der Waals surface area contributed by atoms with E-state index in [1.165, 1.54) is 60.9 Å². The van der Waals surface area contributed by atoms with Crippen LogP contribution < -0.4 is 33.1 Å². The molecule has 2 N–H and O–H groups in total. The third-order valence-electron chi connectivity index (χ3n) is 5.40. The van der Waals surface area contributed by atoms with Crippen LogP contribution in [0.3, 0.4) is 0 Å². The Kier molecular flexibility index (Phi) is 8.61. The lowest BCUT2D eigenvalue weighted by Gasteiger charge is -2.16. The topological polar surface area (TPSA) is 122 Å². The first-order valence-corrected chi connectivity index (χ1v) is 12.3. The molecule has 0 aliphatic carbocycles. The molecule has 0 fully saturated rings. The fourth-order valence-electron chi connectivity index (χ4n) is 3.55. The van der Waals surface area contributed by atoms with Gasteiger partial charge < -0.3 is 33.5 Å². The van der Waals surface area contributed by atoms with Crippen LogP contribution in [0.5, 0.6) is 40.2 Å². The fourth-order valence-corrected chi connectivity index (χ4v) is 4.64. The van der Waals surface area contributed by atoms with Gasteiger partial charge in [0, 0.05) is 17.7 Å². The van der Waals surface area contributed by atoms with Crippen LogP contribution in [0.15, 0.2) is 47.4 Å². The summed E-state index contributed by atoms with van der Waals surface area (Å²) in [7, 11) is 4.76. The van der Waals surface area contributed by atoms with Crippen molar-refractivity contribution in [1.82, 2.24) is 0 Å². The molecule has 0 aliphatic heterocycles. The van der Waals surface area contributed by atoms with Gasteiger partial charge >= 0.3 is 0 Å². The van der Waals surface area contributed by atoms with Crippen LogP contribution in [0.25, 0.3) is 12.2 Å². The molecule has 0 radical (unpaired) electrons. The second-order valence-electron chi connectivity index (χ2n) is 7.53. The minimum Gasteiger partial charge on any atom is -0.504 e. The predicted octanol–water partition coefficient (Wildman–Crippen LogP) is 4.42. The van der Waals surface area contributed by atoms with Crippen molar-refractivity contribution >= 4 is 27.9 Å². The first-order chi connectivity index (χ1) is 17.7. The molecule has 3 aromatic rings. The number of sulfonamides is 1. The molecule has 37 heavy (non-hydrogen) atoms. The maximum Gasteiger partial charge on any atom is 0.262 e. The van der Waals surface area contributed by atoms with Crippen molar-refractivity contribution in [3.05, 3.63) is 53.6 Å². The Morgan fingerprint density at radius 1 is 0.676 bits per heavy atom. The normalized spacial score (nSPS) is 11.2. The highest BCUT2D eigenvalue weighted by Crippen LogP contribution is 2.40. The van der Waals surface area contributed by atoms with Crippen LogP contribution in [-0.2, 0) is 10.0 Å². The Balaban J connectivity index is 2.08. The standard InChI is InChI=1S/C26H29NO9S/c1-31-21-10-9-18(14-20(21)28)37(29,30)27-19-15-23(33-3)22(32-2)13-17(19)8-7-16-11-24(34-4)26(36-6)25(12-16)35-5/h7-15,27-28H,1-6H3/b8-7-. The number of anilines is 1. The summed E-state index contributed by atoms with van der Waals surface area (Å²) < 4.78 is 60.8. The Morgan fingerprint density at radius 2 is 1.24 bits per heavy atom. The molecule has 0 saturated carbocycles. The highest BCUT2D eigenvalue weighted by molar-refractivity contribution is 7.92. The largest absolute Gasteiger partial charge is 0.504 e. The molecule has 11 heteroatoms. The summed E-state index contributed by atoms with van der Waals surface area (Å²) in [6.07, 6.45) is 3.45. The van der Waals surface area contributed by atoms with Gasteiger partial charge in [0.2, 0.25) is 5.75 Å². The molecule has 3 rings (SSSR count). The molecule has 3 aromatic carbocycles. The van der Waals surface area contributed by atoms with Gasteiger partial charge in [-0.25, -0.2) is 8.42 Å². The SMILES string of the molecule is COc1ccc(S(=O)(=O)Nc2cc(OC)c(OC)cc2/C=C\c2cc(OC)c(OC)c(OC)c2)cc1O. The van der Waals surface area contributed by atoms with Crippen molar-refractivity contribution in [2.75, 3.05) is 47.4 Å². The Morgan fingerprint density at radius 3 is 1.76 bits per heavy atom. The van der Waals surface area contributed by atoms with Gasteiger partial charge in [-0.1, -0.05) is 12.2 Å². The minimum absolute atomic E-state index is 0.152. The van der Waals surface area contributed by atoms with E-state index in [-0.39, 0.29) is 22.1 Å². The summed E-state index contributed by atoms with van der Waals surface area (Å²) in [5.74, 6) is 1.95. The van der Waals surface area contributed by atoms with E-state index in [1.807, 2.05) is 0 Å². The van der Waals surface area contributed by atoms with E-state index in [2.05, 4.69) is 4.72 Å². The average molecular weight is 532 g/mol. The van der Waals surface area contributed by atoms with Crippen LogP contribution in [0.1, 0.15) is 11.1 Å². The van der Waals surface area contributed by atoms with Crippen molar-refractivity contribution in [3.63, 3.8) is 0 Å². The summed E-state index contributed by atoms with van der Waals surface area (Å²) >= 11 is 0. The molecule has 0 spiro atoms. The van der Waals surface area contributed by atoms with Crippen molar-refractivity contribution in [3.8, 4) is 40.2 Å². The maximum absolute atomic E-state index is 13.2. The van der Waals surface area contributed by atoms with Crippen molar-refractivity contribution in [2.45, 2.75) is 4.90 Å². The van der Waals surface area contributed by atoms with Crippen LogP contribution >= 0.6 is 0 Å². The van der Waals surface area contributed by atoms with E-state index in [9.17, 15) is 13.5 Å². The summed E-state index contributed by atoms with van der Waals surface area (Å²) in [6, 6.07) is 10.4. The van der Waals surface area contributed by atoms with Crippen molar-refractivity contribution < 1.29 is 41.9 Å². The lowest BCUT2D eigenvalue weighted by molar-refractivity contribution is 0.324. The number of hydrogen-bond donors (Lipinski definition) is 2. The summed E-state index contributed by atoms with van der Waals surface area (Å²) in [5.41, 5.74) is 1.41. The molecule has 0 aromatic heterocycles. The van der Waals surface area contributed by atoms with Gasteiger partial charge in [0.1, 0.15) is 0 Å². The molecule has 10 nitrogen and oxygen atoms in total. The highest BCUT2D eigenvalue weighted by Gasteiger charge is 2.20. The fraction of sp³-hybridized carbons (Fsp3) is 0.231. The van der Waals surface area contributed by atoms with E-state index < -0.39 is 10.0 Å². The summed E-state index contributed by atoms with van der Waals surface area (Å²) in [6.45, 7) is 0. The first-order valence-electron chi connectivity index (χ1n) is 10.8. The number of nitrogens with one attached hydrogen (secondary N) is 1. The predicted molar refractivity (Wildman–Crippen MR) is 140 cm³/mol. The zero-order valence-corrected chi connectivity index (χ0v) is 22.1. The highest BCUT2D eigenvalue weighted by atomic mass is 32.2. The quantitative estimate of drug-likeness (QED) is 0.346. The van der Waals surface area contributed by atoms with Gasteiger partial charge in [-0.3, -0.25) is 4.72 Å². The zero-order valence-electron chi connectivity index (χ0n) is 21.3. The Bertz CT molecular complexity index is 1380. The van der Waals surface area contributed by atoms with Gasteiger partial charge in [0.15, 0.2) is 34.5 Å². The molecular formula is C26H29NO9S. The van der Waals surface area contributed by atoms with Crippen LogP contribution in [0.2, 0.25) is 0 Å². The van der Waals surface area contributed by atoms with Crippen LogP contribution in [-0.4, -0.2) is 56.2 Å². The number of aromatic hydroxyl groups is 1. The molecule has 0 aliphatic rings. The number of methoxy groups -OCH3 is 6. The van der Waals surface area contributed by atoms with Gasteiger partial charge in [0.25, 0.3) is 10.0 Å². The number of benzene rings is 3. The van der Waals surface area contributed by atoms with E-state index >= 15 is 0 Å². The molecular weight excluding hydrogens is 502 g/mol. The molecule has 0 atom stereocenters. The number of hydrogen-bond acceptors (Lipinski definition) is 9. The summed E-state index contributed by atoms with van der Waals surface area (Å²) in [5, 5.41) is 10.1. The molecule has 0 heterocycles.